The van der Waals surface area contributed by atoms with E-state index in [1.54, 1.807) is 6.92 Å². The van der Waals surface area contributed by atoms with E-state index in [0.29, 0.717) is 18.8 Å². The number of piperidine rings is 1. The summed E-state index contributed by atoms with van der Waals surface area (Å²) in [6.45, 7) is 7.19. The number of likely N-dealkylation sites (tertiary alicyclic amines) is 1. The Balaban J connectivity index is 1.78. The highest BCUT2D eigenvalue weighted by Crippen LogP contribution is 2.31. The van der Waals surface area contributed by atoms with Crippen molar-refractivity contribution in [1.29, 1.82) is 0 Å². The van der Waals surface area contributed by atoms with E-state index >= 15 is 0 Å². The van der Waals surface area contributed by atoms with Gasteiger partial charge < -0.3 is 4.74 Å². The number of ether oxygens (including phenoxy) is 1. The number of hydrogen-bond donors (Lipinski definition) is 0. The first-order valence-electron chi connectivity index (χ1n) is 9.27. The molecule has 2 heterocycles. The second-order valence-corrected chi connectivity index (χ2v) is 7.16. The molecule has 0 aliphatic carbocycles. The van der Waals surface area contributed by atoms with Crippen molar-refractivity contribution in [2.24, 2.45) is 5.92 Å². The van der Waals surface area contributed by atoms with Crippen LogP contribution in [0.1, 0.15) is 37.3 Å². The maximum absolute atomic E-state index is 13.0. The molecular weight excluding hydrogens is 332 g/mol. The van der Waals surface area contributed by atoms with Crippen molar-refractivity contribution < 1.29 is 19.1 Å². The molecule has 2 saturated heterocycles. The lowest BCUT2D eigenvalue weighted by molar-refractivity contribution is -0.150. The standard InChI is InChI=1S/C20H26N2O4/c1-4-26-20(25)15-6-5-9-21(12-15)17-11-18(23)22(19(17)24)16-10-13(2)7-8-14(16)3/h7-8,10,15,17H,4-6,9,11-12H2,1-3H3/t15-,17+/m0/s1. The molecule has 140 valence electrons. The molecule has 0 N–H and O–H groups in total. The molecule has 0 spiro atoms. The molecule has 3 rings (SSSR count). The Labute approximate surface area is 154 Å². The van der Waals surface area contributed by atoms with Crippen molar-refractivity contribution in [3.63, 3.8) is 0 Å². The maximum Gasteiger partial charge on any atom is 0.310 e. The van der Waals surface area contributed by atoms with E-state index in [4.69, 9.17) is 4.74 Å². The Morgan fingerprint density at radius 3 is 2.77 bits per heavy atom. The minimum atomic E-state index is -0.486. The zero-order valence-corrected chi connectivity index (χ0v) is 15.7. The lowest BCUT2D eigenvalue weighted by atomic mass is 9.96. The highest BCUT2D eigenvalue weighted by molar-refractivity contribution is 6.22. The Hall–Kier alpha value is -2.21. The number of hydrogen-bond acceptors (Lipinski definition) is 5. The van der Waals surface area contributed by atoms with Crippen LogP contribution in [0.25, 0.3) is 0 Å². The number of nitrogens with zero attached hydrogens (tertiary/aromatic N) is 2. The van der Waals surface area contributed by atoms with Gasteiger partial charge in [-0.15, -0.1) is 0 Å². The van der Waals surface area contributed by atoms with Gasteiger partial charge in [0.05, 0.1) is 30.7 Å². The van der Waals surface area contributed by atoms with Crippen LogP contribution in [0.2, 0.25) is 0 Å². The average Bonchev–Trinajstić information content (AvgIpc) is 2.92. The quantitative estimate of drug-likeness (QED) is 0.610. The van der Waals surface area contributed by atoms with Crippen LogP contribution < -0.4 is 4.90 Å². The van der Waals surface area contributed by atoms with Crippen molar-refractivity contribution in [3.8, 4) is 0 Å². The average molecular weight is 358 g/mol. The zero-order valence-electron chi connectivity index (χ0n) is 15.7. The molecule has 0 aromatic heterocycles. The normalized spacial score (nSPS) is 24.2. The summed E-state index contributed by atoms with van der Waals surface area (Å²) in [5.41, 5.74) is 2.58. The molecule has 0 unspecified atom stereocenters. The molecular formula is C20H26N2O4. The van der Waals surface area contributed by atoms with Crippen molar-refractivity contribution in [2.75, 3.05) is 24.6 Å². The number of imide groups is 1. The maximum atomic E-state index is 13.0. The van der Waals surface area contributed by atoms with Crippen LogP contribution >= 0.6 is 0 Å². The number of carbonyl (C=O) groups is 3. The summed E-state index contributed by atoms with van der Waals surface area (Å²) in [6.07, 6.45) is 1.76. The van der Waals surface area contributed by atoms with Crippen molar-refractivity contribution in [1.82, 2.24) is 4.90 Å². The summed E-state index contributed by atoms with van der Waals surface area (Å²) in [7, 11) is 0. The summed E-state index contributed by atoms with van der Waals surface area (Å²) in [6, 6.07) is 5.29. The summed E-state index contributed by atoms with van der Waals surface area (Å²) in [4.78, 5) is 41.0. The van der Waals surface area contributed by atoms with Crippen LogP contribution in [-0.4, -0.2) is 48.4 Å². The molecule has 2 amide bonds. The van der Waals surface area contributed by atoms with E-state index in [1.807, 2.05) is 36.9 Å². The summed E-state index contributed by atoms with van der Waals surface area (Å²) >= 11 is 0. The molecule has 1 aromatic rings. The predicted octanol–water partition coefficient (Wildman–Crippen LogP) is 2.21. The minimum Gasteiger partial charge on any atom is -0.466 e. The van der Waals surface area contributed by atoms with E-state index in [0.717, 1.165) is 30.5 Å². The van der Waals surface area contributed by atoms with Gasteiger partial charge in [-0.1, -0.05) is 12.1 Å². The van der Waals surface area contributed by atoms with E-state index in [1.165, 1.54) is 4.90 Å². The van der Waals surface area contributed by atoms with Gasteiger partial charge in [0, 0.05) is 6.54 Å². The third kappa shape index (κ3) is 3.51. The fourth-order valence-electron chi connectivity index (χ4n) is 3.86. The van der Waals surface area contributed by atoms with Gasteiger partial charge in [-0.3, -0.25) is 19.3 Å². The molecule has 0 bridgehead atoms. The van der Waals surface area contributed by atoms with E-state index in [9.17, 15) is 14.4 Å². The highest BCUT2D eigenvalue weighted by atomic mass is 16.5. The first kappa shape index (κ1) is 18.6. The van der Waals surface area contributed by atoms with Crippen LogP contribution in [0.5, 0.6) is 0 Å². The molecule has 1 aromatic carbocycles. The van der Waals surface area contributed by atoms with Gasteiger partial charge in [-0.05, 0) is 57.4 Å². The Morgan fingerprint density at radius 1 is 1.27 bits per heavy atom. The first-order chi connectivity index (χ1) is 12.4. The molecule has 2 aliphatic heterocycles. The first-order valence-corrected chi connectivity index (χ1v) is 9.27. The van der Waals surface area contributed by atoms with Crippen molar-refractivity contribution in [2.45, 2.75) is 46.1 Å². The third-order valence-electron chi connectivity index (χ3n) is 5.24. The van der Waals surface area contributed by atoms with Crippen LogP contribution in [0.15, 0.2) is 18.2 Å². The van der Waals surface area contributed by atoms with Crippen molar-refractivity contribution in [3.05, 3.63) is 29.3 Å². The second-order valence-electron chi connectivity index (χ2n) is 7.16. The lowest BCUT2D eigenvalue weighted by Gasteiger charge is -2.34. The van der Waals surface area contributed by atoms with Gasteiger partial charge in [0.25, 0.3) is 5.91 Å². The number of esters is 1. The van der Waals surface area contributed by atoms with E-state index < -0.39 is 6.04 Å². The number of amides is 2. The van der Waals surface area contributed by atoms with Gasteiger partial charge in [-0.25, -0.2) is 4.90 Å². The Bertz CT molecular complexity index is 731. The monoisotopic (exact) mass is 358 g/mol. The number of benzene rings is 1. The Kier molecular flexibility index (Phi) is 5.41. The van der Waals surface area contributed by atoms with Gasteiger partial charge in [-0.2, -0.15) is 0 Å². The second kappa shape index (κ2) is 7.58. The fraction of sp³-hybridized carbons (Fsp3) is 0.550. The molecule has 2 aliphatic rings. The lowest BCUT2D eigenvalue weighted by Crippen LogP contribution is -2.48. The summed E-state index contributed by atoms with van der Waals surface area (Å²) in [5.74, 6) is -0.790. The van der Waals surface area contributed by atoms with Crippen LogP contribution in [0.3, 0.4) is 0 Å². The Morgan fingerprint density at radius 2 is 2.04 bits per heavy atom. The molecule has 2 atom stereocenters. The van der Waals surface area contributed by atoms with Gasteiger partial charge in [0.15, 0.2) is 0 Å². The number of rotatable bonds is 4. The summed E-state index contributed by atoms with van der Waals surface area (Å²) < 4.78 is 5.13. The predicted molar refractivity (Wildman–Crippen MR) is 97.7 cm³/mol. The van der Waals surface area contributed by atoms with Gasteiger partial charge in [0.2, 0.25) is 5.91 Å². The number of aryl methyl sites for hydroxylation is 2. The minimum absolute atomic E-state index is 0.168. The van der Waals surface area contributed by atoms with Crippen LogP contribution in [0, 0.1) is 19.8 Å². The molecule has 0 radical (unpaired) electrons. The molecule has 6 nitrogen and oxygen atoms in total. The van der Waals surface area contributed by atoms with E-state index in [2.05, 4.69) is 0 Å². The molecule has 26 heavy (non-hydrogen) atoms. The molecule has 6 heteroatoms. The smallest absolute Gasteiger partial charge is 0.310 e. The highest BCUT2D eigenvalue weighted by Gasteiger charge is 2.44. The number of carbonyl (C=O) groups excluding carboxylic acids is 3. The third-order valence-corrected chi connectivity index (χ3v) is 5.24. The zero-order chi connectivity index (χ0) is 18.8. The van der Waals surface area contributed by atoms with E-state index in [-0.39, 0.29) is 30.1 Å². The van der Waals surface area contributed by atoms with Gasteiger partial charge >= 0.3 is 5.97 Å². The molecule has 2 fully saturated rings. The number of anilines is 1. The van der Waals surface area contributed by atoms with Crippen LogP contribution in [-0.2, 0) is 19.1 Å². The largest absolute Gasteiger partial charge is 0.466 e. The van der Waals surface area contributed by atoms with Crippen LogP contribution in [0.4, 0.5) is 5.69 Å². The van der Waals surface area contributed by atoms with Crippen molar-refractivity contribution >= 4 is 23.5 Å². The molecule has 0 saturated carbocycles. The summed E-state index contributed by atoms with van der Waals surface area (Å²) in [5, 5.41) is 0. The van der Waals surface area contributed by atoms with Gasteiger partial charge in [0.1, 0.15) is 0 Å². The fourth-order valence-corrected chi connectivity index (χ4v) is 3.86. The SMILES string of the molecule is CCOC(=O)[C@H]1CCCN([C@@H]2CC(=O)N(c3cc(C)ccc3C)C2=O)C1. The topological polar surface area (TPSA) is 66.9 Å².